The summed E-state index contributed by atoms with van der Waals surface area (Å²) in [7, 11) is 0. The zero-order valence-electron chi connectivity index (χ0n) is 16.2. The number of para-hydroxylation sites is 1. The third-order valence-corrected chi connectivity index (χ3v) is 4.19. The minimum Gasteiger partial charge on any atom is -0.330 e. The van der Waals surface area contributed by atoms with Gasteiger partial charge in [-0.3, -0.25) is 9.59 Å². The first-order valence-corrected chi connectivity index (χ1v) is 9.02. The van der Waals surface area contributed by atoms with Crippen molar-refractivity contribution in [2.75, 3.05) is 18.4 Å². The highest BCUT2D eigenvalue weighted by molar-refractivity contribution is 6.00. The van der Waals surface area contributed by atoms with Crippen LogP contribution in [0.15, 0.2) is 60.7 Å². The van der Waals surface area contributed by atoms with Crippen molar-refractivity contribution in [1.82, 2.24) is 4.90 Å². The molecule has 0 aliphatic heterocycles. The highest BCUT2D eigenvalue weighted by Gasteiger charge is 2.36. The summed E-state index contributed by atoms with van der Waals surface area (Å²) >= 11 is 0. The summed E-state index contributed by atoms with van der Waals surface area (Å²) in [6.45, 7) is 0.569. The van der Waals surface area contributed by atoms with Gasteiger partial charge >= 0.3 is 12.4 Å². The van der Waals surface area contributed by atoms with Crippen LogP contribution in [0.5, 0.6) is 0 Å². The van der Waals surface area contributed by atoms with Crippen LogP contribution in [0.25, 0.3) is 5.57 Å². The molecule has 1 N–H and O–H groups in total. The summed E-state index contributed by atoms with van der Waals surface area (Å²) in [5.74, 6) is -2.08. The maximum Gasteiger partial charge on any atom is 0.418 e. The normalized spacial score (nSPS) is 12.4. The number of hydrogen-bond acceptors (Lipinski definition) is 2. The molecular weight excluding hydrogens is 426 g/mol. The quantitative estimate of drug-likeness (QED) is 0.496. The highest BCUT2D eigenvalue weighted by atomic mass is 19.4. The number of alkyl halides is 6. The monoisotopic (exact) mass is 444 g/mol. The molecule has 2 rings (SSSR count). The first-order valence-electron chi connectivity index (χ1n) is 9.02. The Kier molecular flexibility index (Phi) is 7.48. The van der Waals surface area contributed by atoms with Crippen molar-refractivity contribution in [3.63, 3.8) is 0 Å². The number of carbonyl (C=O) groups excluding carboxylic acids is 2. The Morgan fingerprint density at radius 2 is 1.52 bits per heavy atom. The maximum atomic E-state index is 13.4. The number of anilines is 1. The van der Waals surface area contributed by atoms with Crippen molar-refractivity contribution in [1.29, 1.82) is 0 Å². The molecule has 0 bridgehead atoms. The SMILES string of the molecule is CCN(CC(=O)Nc1ccccc1C(F)(F)F)C(=O)/C=C(/c1ccccc1)C(F)(F)F. The predicted molar refractivity (Wildman–Crippen MR) is 103 cm³/mol. The minimum absolute atomic E-state index is 0.135. The molecule has 0 spiro atoms. The summed E-state index contributed by atoms with van der Waals surface area (Å²) in [6, 6.07) is 10.9. The second kappa shape index (κ2) is 9.67. The summed E-state index contributed by atoms with van der Waals surface area (Å²) in [6.07, 6.45) is -9.18. The third-order valence-electron chi connectivity index (χ3n) is 4.19. The second-order valence-electron chi connectivity index (χ2n) is 6.37. The molecule has 0 aliphatic carbocycles. The zero-order valence-corrected chi connectivity index (χ0v) is 16.2. The van der Waals surface area contributed by atoms with Gasteiger partial charge in [-0.2, -0.15) is 26.3 Å². The van der Waals surface area contributed by atoms with Crippen LogP contribution < -0.4 is 5.32 Å². The van der Waals surface area contributed by atoms with E-state index in [1.165, 1.54) is 43.3 Å². The predicted octanol–water partition coefficient (Wildman–Crippen LogP) is 5.14. The van der Waals surface area contributed by atoms with Crippen molar-refractivity contribution in [2.45, 2.75) is 19.3 Å². The van der Waals surface area contributed by atoms with Crippen molar-refractivity contribution in [3.05, 3.63) is 71.8 Å². The largest absolute Gasteiger partial charge is 0.418 e. The Morgan fingerprint density at radius 3 is 2.06 bits per heavy atom. The van der Waals surface area contributed by atoms with E-state index >= 15 is 0 Å². The van der Waals surface area contributed by atoms with Crippen LogP contribution >= 0.6 is 0 Å². The third kappa shape index (κ3) is 6.59. The zero-order chi connectivity index (χ0) is 23.2. The second-order valence-corrected chi connectivity index (χ2v) is 6.37. The van der Waals surface area contributed by atoms with E-state index in [2.05, 4.69) is 5.32 Å². The van der Waals surface area contributed by atoms with E-state index in [4.69, 9.17) is 0 Å². The molecule has 0 unspecified atom stereocenters. The average Bonchev–Trinajstić information content (AvgIpc) is 2.69. The fraction of sp³-hybridized carbons (Fsp3) is 0.238. The number of amides is 2. The van der Waals surface area contributed by atoms with Crippen molar-refractivity contribution < 1.29 is 35.9 Å². The topological polar surface area (TPSA) is 49.4 Å². The van der Waals surface area contributed by atoms with Gasteiger partial charge in [0.25, 0.3) is 0 Å². The van der Waals surface area contributed by atoms with E-state index in [0.717, 1.165) is 23.1 Å². The number of nitrogens with one attached hydrogen (secondary N) is 1. The first kappa shape index (κ1) is 24.0. The molecule has 0 radical (unpaired) electrons. The van der Waals surface area contributed by atoms with E-state index in [0.29, 0.717) is 6.08 Å². The first-order chi connectivity index (χ1) is 14.4. The van der Waals surface area contributed by atoms with Gasteiger partial charge in [-0.25, -0.2) is 0 Å². The fourth-order valence-corrected chi connectivity index (χ4v) is 2.71. The summed E-state index contributed by atoms with van der Waals surface area (Å²) in [4.78, 5) is 25.4. The summed E-state index contributed by atoms with van der Waals surface area (Å²) < 4.78 is 79.4. The van der Waals surface area contributed by atoms with Gasteiger partial charge in [-0.1, -0.05) is 42.5 Å². The number of likely N-dealkylation sites (N-methyl/N-ethyl adjacent to an activating group) is 1. The number of hydrogen-bond donors (Lipinski definition) is 1. The van der Waals surface area contributed by atoms with E-state index in [9.17, 15) is 35.9 Å². The van der Waals surface area contributed by atoms with E-state index in [1.807, 2.05) is 0 Å². The summed E-state index contributed by atoms with van der Waals surface area (Å²) in [5.41, 5.74) is -3.03. The Morgan fingerprint density at radius 1 is 0.935 bits per heavy atom. The molecule has 2 amide bonds. The van der Waals surface area contributed by atoms with Gasteiger partial charge in [-0.15, -0.1) is 0 Å². The lowest BCUT2D eigenvalue weighted by Gasteiger charge is -2.21. The number of halogens is 6. The van der Waals surface area contributed by atoms with Gasteiger partial charge in [-0.05, 0) is 24.6 Å². The molecule has 10 heteroatoms. The minimum atomic E-state index is -4.83. The summed E-state index contributed by atoms with van der Waals surface area (Å²) in [5, 5.41) is 2.06. The average molecular weight is 444 g/mol. The van der Waals surface area contributed by atoms with Crippen LogP contribution in [-0.2, 0) is 15.8 Å². The number of allylic oxidation sites excluding steroid dienone is 1. The Bertz CT molecular complexity index is 952. The molecule has 2 aromatic carbocycles. The van der Waals surface area contributed by atoms with Gasteiger partial charge in [0.1, 0.15) is 6.54 Å². The number of nitrogens with zero attached hydrogens (tertiary/aromatic N) is 1. The lowest BCUT2D eigenvalue weighted by molar-refractivity contribution is -0.137. The standard InChI is InChI=1S/C21H18F6N2O2/c1-2-29(13-18(30)28-17-11-7-6-10-15(17)20(22,23)24)19(31)12-16(21(25,26)27)14-8-4-3-5-9-14/h3-12H,2,13H2,1H3,(H,28,30)/b16-12-. The van der Waals surface area contributed by atoms with Gasteiger partial charge in [0.15, 0.2) is 0 Å². The van der Waals surface area contributed by atoms with Crippen molar-refractivity contribution in [2.24, 2.45) is 0 Å². The molecule has 0 fully saturated rings. The number of benzene rings is 2. The van der Waals surface area contributed by atoms with Gasteiger partial charge in [0, 0.05) is 12.6 Å². The molecule has 31 heavy (non-hydrogen) atoms. The van der Waals surface area contributed by atoms with Crippen LogP contribution in [0.3, 0.4) is 0 Å². The molecule has 0 saturated heterocycles. The van der Waals surface area contributed by atoms with E-state index in [1.54, 1.807) is 0 Å². The molecule has 2 aromatic rings. The number of carbonyl (C=O) groups is 2. The number of rotatable bonds is 6. The molecule has 0 heterocycles. The van der Waals surface area contributed by atoms with Crippen LogP contribution in [0.1, 0.15) is 18.1 Å². The highest BCUT2D eigenvalue weighted by Crippen LogP contribution is 2.35. The van der Waals surface area contributed by atoms with Crippen LogP contribution in [0.4, 0.5) is 32.0 Å². The van der Waals surface area contributed by atoms with Crippen molar-refractivity contribution in [3.8, 4) is 0 Å². The molecule has 4 nitrogen and oxygen atoms in total. The Hall–Kier alpha value is -3.30. The molecule has 0 atom stereocenters. The maximum absolute atomic E-state index is 13.4. The lowest BCUT2D eigenvalue weighted by Crippen LogP contribution is -2.37. The fourth-order valence-electron chi connectivity index (χ4n) is 2.71. The molecule has 0 aliphatic rings. The smallest absolute Gasteiger partial charge is 0.330 e. The van der Waals surface area contributed by atoms with Gasteiger partial charge in [0.05, 0.1) is 16.8 Å². The Balaban J connectivity index is 2.21. The van der Waals surface area contributed by atoms with Crippen LogP contribution in [0.2, 0.25) is 0 Å². The Labute approximate surface area is 174 Å². The molecule has 166 valence electrons. The lowest BCUT2D eigenvalue weighted by atomic mass is 10.0. The van der Waals surface area contributed by atoms with Crippen LogP contribution in [-0.4, -0.2) is 36.0 Å². The van der Waals surface area contributed by atoms with Crippen molar-refractivity contribution >= 4 is 23.1 Å². The molecule has 0 aromatic heterocycles. The van der Waals surface area contributed by atoms with Gasteiger partial charge in [0.2, 0.25) is 11.8 Å². The van der Waals surface area contributed by atoms with Crippen LogP contribution in [0, 0.1) is 0 Å². The molecular formula is C21H18F6N2O2. The van der Waals surface area contributed by atoms with E-state index in [-0.39, 0.29) is 12.1 Å². The van der Waals surface area contributed by atoms with Gasteiger partial charge < -0.3 is 10.2 Å². The van der Waals surface area contributed by atoms with E-state index < -0.39 is 47.5 Å². The molecule has 0 saturated carbocycles.